The molecule has 1 fully saturated rings. The van der Waals surface area contributed by atoms with E-state index in [9.17, 15) is 14.7 Å². The van der Waals surface area contributed by atoms with Crippen LogP contribution in [0.2, 0.25) is 0 Å². The number of benzene rings is 2. The predicted octanol–water partition coefficient (Wildman–Crippen LogP) is 3.27. The molecule has 2 aliphatic heterocycles. The first kappa shape index (κ1) is 23.9. The van der Waals surface area contributed by atoms with Gasteiger partial charge in [0.25, 0.3) is 5.91 Å². The second kappa shape index (κ2) is 8.83. The van der Waals surface area contributed by atoms with Gasteiger partial charge in [-0.25, -0.2) is 4.79 Å². The van der Waals surface area contributed by atoms with Gasteiger partial charge in [0.15, 0.2) is 11.5 Å². The molecule has 182 valence electrons. The molecule has 2 atom stereocenters. The number of hydrogen-bond donors (Lipinski definition) is 2. The van der Waals surface area contributed by atoms with Crippen molar-refractivity contribution in [3.63, 3.8) is 0 Å². The number of aliphatic hydroxyl groups is 1. The molecule has 0 aliphatic carbocycles. The van der Waals surface area contributed by atoms with Gasteiger partial charge in [-0.2, -0.15) is 0 Å². The maximum Gasteiger partial charge on any atom is 0.325 e. The fourth-order valence-electron chi connectivity index (χ4n) is 4.14. The summed E-state index contributed by atoms with van der Waals surface area (Å²) in [5.74, 6) is 1.35. The monoisotopic (exact) mass is 468 g/mol. The summed E-state index contributed by atoms with van der Waals surface area (Å²) >= 11 is 0. The molecule has 1 saturated heterocycles. The number of nitrogens with zero attached hydrogens (tertiary/aromatic N) is 1. The van der Waals surface area contributed by atoms with Gasteiger partial charge >= 0.3 is 6.03 Å². The van der Waals surface area contributed by atoms with Gasteiger partial charge in [-0.05, 0) is 54.2 Å². The second-order valence-corrected chi connectivity index (χ2v) is 10.0. The van der Waals surface area contributed by atoms with E-state index in [1.54, 1.807) is 25.1 Å². The van der Waals surface area contributed by atoms with E-state index in [0.717, 1.165) is 10.5 Å². The van der Waals surface area contributed by atoms with E-state index < -0.39 is 23.6 Å². The zero-order chi connectivity index (χ0) is 24.7. The van der Waals surface area contributed by atoms with E-state index in [1.165, 1.54) is 5.56 Å². The normalized spacial score (nSPS) is 20.8. The Hall–Kier alpha value is -3.26. The highest BCUT2D eigenvalue weighted by atomic mass is 16.6. The number of nitrogens with one attached hydrogen (secondary N) is 1. The molecule has 2 N–H and O–H groups in total. The Morgan fingerprint density at radius 2 is 1.82 bits per heavy atom. The molecule has 8 nitrogen and oxygen atoms in total. The van der Waals surface area contributed by atoms with E-state index in [0.29, 0.717) is 36.0 Å². The molecule has 0 spiro atoms. The zero-order valence-electron chi connectivity index (χ0n) is 20.3. The molecule has 34 heavy (non-hydrogen) atoms. The van der Waals surface area contributed by atoms with Gasteiger partial charge in [0, 0.05) is 0 Å². The molecule has 0 radical (unpaired) electrons. The molecule has 0 saturated carbocycles. The smallest absolute Gasteiger partial charge is 0.325 e. The van der Waals surface area contributed by atoms with Crippen LogP contribution in [0.25, 0.3) is 0 Å². The lowest BCUT2D eigenvalue weighted by Crippen LogP contribution is -2.42. The van der Waals surface area contributed by atoms with Gasteiger partial charge in [0.1, 0.15) is 37.2 Å². The number of carbonyl (C=O) groups is 2. The minimum absolute atomic E-state index is 0.0239. The average Bonchev–Trinajstić information content (AvgIpc) is 3.01. The molecular formula is C26H32N2O6. The molecule has 8 heteroatoms. The summed E-state index contributed by atoms with van der Waals surface area (Å²) in [5, 5.41) is 13.3. The third kappa shape index (κ3) is 4.55. The molecule has 3 amide bonds. The molecular weight excluding hydrogens is 436 g/mol. The van der Waals surface area contributed by atoms with Crippen LogP contribution in [-0.4, -0.2) is 54.4 Å². The van der Waals surface area contributed by atoms with E-state index in [2.05, 4.69) is 32.2 Å². The Labute approximate surface area is 199 Å². The largest absolute Gasteiger partial charge is 0.491 e. The first-order valence-electron chi connectivity index (χ1n) is 11.5. The first-order valence-corrected chi connectivity index (χ1v) is 11.5. The number of urea groups is 1. The van der Waals surface area contributed by atoms with Crippen molar-refractivity contribution in [2.75, 3.05) is 26.4 Å². The lowest BCUT2D eigenvalue weighted by molar-refractivity contribution is -0.132. The summed E-state index contributed by atoms with van der Waals surface area (Å²) < 4.78 is 16.9. The van der Waals surface area contributed by atoms with Crippen LogP contribution in [-0.2, 0) is 15.7 Å². The number of amides is 3. The highest BCUT2D eigenvalue weighted by Gasteiger charge is 2.49. The van der Waals surface area contributed by atoms with Crippen LogP contribution in [0, 0.1) is 6.92 Å². The van der Waals surface area contributed by atoms with E-state index in [1.807, 2.05) is 19.1 Å². The zero-order valence-corrected chi connectivity index (χ0v) is 20.3. The number of aliphatic hydroxyl groups excluding tert-OH is 1. The van der Waals surface area contributed by atoms with Crippen molar-refractivity contribution >= 4 is 11.9 Å². The third-order valence-electron chi connectivity index (χ3n) is 6.26. The highest BCUT2D eigenvalue weighted by Crippen LogP contribution is 2.37. The Bertz CT molecular complexity index is 1110. The number of hydrogen-bond acceptors (Lipinski definition) is 6. The fourth-order valence-corrected chi connectivity index (χ4v) is 4.14. The van der Waals surface area contributed by atoms with Crippen LogP contribution in [0.4, 0.5) is 4.79 Å². The van der Waals surface area contributed by atoms with Crippen LogP contribution >= 0.6 is 0 Å². The van der Waals surface area contributed by atoms with Crippen LogP contribution < -0.4 is 19.5 Å². The van der Waals surface area contributed by atoms with Gasteiger partial charge in [0.2, 0.25) is 0 Å². The predicted molar refractivity (Wildman–Crippen MR) is 126 cm³/mol. The van der Waals surface area contributed by atoms with Gasteiger partial charge < -0.3 is 24.6 Å². The molecule has 0 aromatic heterocycles. The maximum atomic E-state index is 13.2. The Morgan fingerprint density at radius 1 is 1.12 bits per heavy atom. The van der Waals surface area contributed by atoms with E-state index in [-0.39, 0.29) is 18.6 Å². The van der Waals surface area contributed by atoms with Crippen molar-refractivity contribution in [1.29, 1.82) is 0 Å². The number of fused-ring (bicyclic) bond motifs is 1. The van der Waals surface area contributed by atoms with Crippen LogP contribution in [0.5, 0.6) is 17.2 Å². The number of carbonyl (C=O) groups excluding carboxylic acids is 2. The van der Waals surface area contributed by atoms with E-state index in [4.69, 9.17) is 14.2 Å². The lowest BCUT2D eigenvalue weighted by atomic mass is 9.86. The maximum absolute atomic E-state index is 13.2. The molecule has 2 aromatic rings. The van der Waals surface area contributed by atoms with Gasteiger partial charge in [-0.3, -0.25) is 9.69 Å². The van der Waals surface area contributed by atoms with E-state index >= 15 is 0 Å². The van der Waals surface area contributed by atoms with Crippen LogP contribution in [0.15, 0.2) is 36.4 Å². The topological polar surface area (TPSA) is 97.3 Å². The SMILES string of the molecule is Cc1cc(C(C)(C)C)ccc1OCC(O)CN1C(=O)NC(C)(c2ccc3c(c2)OCCO3)C1=O. The van der Waals surface area contributed by atoms with Gasteiger partial charge in [-0.15, -0.1) is 0 Å². The molecule has 0 bridgehead atoms. The fraction of sp³-hybridized carbons (Fsp3) is 0.462. The second-order valence-electron chi connectivity index (χ2n) is 10.0. The summed E-state index contributed by atoms with van der Waals surface area (Å²) in [6, 6.07) is 10.6. The number of β-amino-alcohol motifs (C(OH)–C–C–N with tert-alkyl or cyclic N) is 1. The minimum atomic E-state index is -1.27. The Morgan fingerprint density at radius 3 is 2.50 bits per heavy atom. The Kier molecular flexibility index (Phi) is 6.20. The summed E-state index contributed by atoms with van der Waals surface area (Å²) in [7, 11) is 0. The number of aryl methyl sites for hydroxylation is 1. The van der Waals surface area contributed by atoms with Crippen molar-refractivity contribution in [1.82, 2.24) is 10.2 Å². The van der Waals surface area contributed by atoms with Crippen molar-refractivity contribution in [2.24, 2.45) is 0 Å². The Balaban J connectivity index is 1.41. The number of imide groups is 1. The highest BCUT2D eigenvalue weighted by molar-refractivity contribution is 6.07. The number of rotatable bonds is 6. The summed E-state index contributed by atoms with van der Waals surface area (Å²) in [5.41, 5.74) is 1.48. The molecule has 4 rings (SSSR count). The quantitative estimate of drug-likeness (QED) is 0.632. The van der Waals surface area contributed by atoms with Crippen LogP contribution in [0.3, 0.4) is 0 Å². The molecule has 2 aliphatic rings. The summed E-state index contributed by atoms with van der Waals surface area (Å²) in [4.78, 5) is 26.9. The summed E-state index contributed by atoms with van der Waals surface area (Å²) in [6.45, 7) is 10.7. The number of ether oxygens (including phenoxy) is 3. The first-order chi connectivity index (χ1) is 16.0. The molecule has 2 unspecified atom stereocenters. The van der Waals surface area contributed by atoms with Crippen molar-refractivity contribution in [3.05, 3.63) is 53.1 Å². The standard InChI is InChI=1S/C26H32N2O6/c1-16-12-17(25(2,3)4)6-8-20(16)34-15-19(29)14-28-23(30)26(5,27-24(28)31)18-7-9-21-22(13-18)33-11-10-32-21/h6-9,12-13,19,29H,10-11,14-15H2,1-5H3,(H,27,31). The van der Waals surface area contributed by atoms with Crippen molar-refractivity contribution in [3.8, 4) is 17.2 Å². The van der Waals surface area contributed by atoms with Crippen LogP contribution in [0.1, 0.15) is 44.4 Å². The molecule has 2 aromatic carbocycles. The average molecular weight is 469 g/mol. The summed E-state index contributed by atoms with van der Waals surface area (Å²) in [6.07, 6.45) is -1.04. The van der Waals surface area contributed by atoms with Gasteiger partial charge in [0.05, 0.1) is 6.54 Å². The lowest BCUT2D eigenvalue weighted by Gasteiger charge is -2.25. The van der Waals surface area contributed by atoms with Crippen molar-refractivity contribution in [2.45, 2.75) is 51.7 Å². The van der Waals surface area contributed by atoms with Gasteiger partial charge in [-0.1, -0.05) is 39.0 Å². The molecule has 2 heterocycles. The van der Waals surface area contributed by atoms with Crippen molar-refractivity contribution < 1.29 is 28.9 Å². The third-order valence-corrected chi connectivity index (χ3v) is 6.26. The minimum Gasteiger partial charge on any atom is -0.491 e.